The van der Waals surface area contributed by atoms with Crippen molar-refractivity contribution in [2.75, 3.05) is 0 Å². The second-order valence-electron chi connectivity index (χ2n) is 4.73. The molecular weight excluding hydrogens is 164 g/mol. The Bertz CT molecular complexity index is 212. The lowest BCUT2D eigenvalue weighted by atomic mass is 9.79. The van der Waals surface area contributed by atoms with Crippen LogP contribution in [-0.2, 0) is 4.79 Å². The fraction of sp³-hybridized carbons (Fsp3) is 0.909. The molecule has 0 aromatic rings. The van der Waals surface area contributed by atoms with E-state index in [1.165, 1.54) is 25.7 Å². The van der Waals surface area contributed by atoms with E-state index in [9.17, 15) is 4.79 Å². The first kappa shape index (κ1) is 9.04. The normalized spacial score (nSPS) is 42.5. The van der Waals surface area contributed by atoms with Crippen molar-refractivity contribution in [3.63, 3.8) is 0 Å². The van der Waals surface area contributed by atoms with Gasteiger partial charge in [0, 0.05) is 0 Å². The van der Waals surface area contributed by atoms with Crippen LogP contribution < -0.4 is 0 Å². The molecule has 0 heterocycles. The maximum Gasteiger partial charge on any atom is 0.306 e. The van der Waals surface area contributed by atoms with Crippen molar-refractivity contribution in [1.29, 1.82) is 0 Å². The number of carboxylic acid groups (broad SMARTS) is 1. The molecule has 2 aliphatic rings. The van der Waals surface area contributed by atoms with Crippen molar-refractivity contribution < 1.29 is 9.90 Å². The van der Waals surface area contributed by atoms with Crippen molar-refractivity contribution in [3.05, 3.63) is 0 Å². The quantitative estimate of drug-likeness (QED) is 0.728. The minimum atomic E-state index is -0.548. The first-order valence-electron chi connectivity index (χ1n) is 5.45. The monoisotopic (exact) mass is 182 g/mol. The summed E-state index contributed by atoms with van der Waals surface area (Å²) < 4.78 is 0. The van der Waals surface area contributed by atoms with Gasteiger partial charge in [-0.15, -0.1) is 0 Å². The summed E-state index contributed by atoms with van der Waals surface area (Å²) in [6.07, 6.45) is 5.88. The van der Waals surface area contributed by atoms with Gasteiger partial charge in [-0.05, 0) is 37.0 Å². The topological polar surface area (TPSA) is 37.3 Å². The summed E-state index contributed by atoms with van der Waals surface area (Å²) in [5.74, 6) is 1.47. The predicted molar refractivity (Wildman–Crippen MR) is 50.4 cm³/mol. The van der Waals surface area contributed by atoms with E-state index >= 15 is 0 Å². The number of hydrogen-bond acceptors (Lipinski definition) is 1. The van der Waals surface area contributed by atoms with Gasteiger partial charge in [-0.25, -0.2) is 0 Å². The molecule has 74 valence electrons. The maximum absolute atomic E-state index is 10.9. The molecule has 1 N–H and O–H groups in total. The highest BCUT2D eigenvalue weighted by atomic mass is 16.4. The van der Waals surface area contributed by atoms with Crippen LogP contribution in [0.3, 0.4) is 0 Å². The van der Waals surface area contributed by atoms with Gasteiger partial charge < -0.3 is 5.11 Å². The Morgan fingerprint density at radius 2 is 2.15 bits per heavy atom. The van der Waals surface area contributed by atoms with E-state index in [0.29, 0.717) is 11.8 Å². The summed E-state index contributed by atoms with van der Waals surface area (Å²) in [6, 6.07) is 0. The minimum Gasteiger partial charge on any atom is -0.481 e. The smallest absolute Gasteiger partial charge is 0.306 e. The van der Waals surface area contributed by atoms with Crippen LogP contribution in [0.25, 0.3) is 0 Å². The zero-order valence-corrected chi connectivity index (χ0v) is 8.20. The molecule has 0 saturated heterocycles. The summed E-state index contributed by atoms with van der Waals surface area (Å²) >= 11 is 0. The fourth-order valence-electron chi connectivity index (χ4n) is 3.02. The third-order valence-corrected chi connectivity index (χ3v) is 3.73. The Kier molecular flexibility index (Phi) is 2.31. The molecule has 2 rings (SSSR count). The zero-order chi connectivity index (χ0) is 9.42. The van der Waals surface area contributed by atoms with Crippen LogP contribution in [0.1, 0.15) is 39.0 Å². The average Bonchev–Trinajstić information content (AvgIpc) is 2.81. The molecule has 0 amide bonds. The van der Waals surface area contributed by atoms with E-state index in [2.05, 4.69) is 6.92 Å². The highest BCUT2D eigenvalue weighted by molar-refractivity contribution is 5.71. The molecule has 0 radical (unpaired) electrons. The van der Waals surface area contributed by atoms with Crippen LogP contribution in [0.4, 0.5) is 0 Å². The molecule has 0 aliphatic heterocycles. The molecule has 0 aromatic heterocycles. The number of fused-ring (bicyclic) bond motifs is 1. The Labute approximate surface area is 79.3 Å². The van der Waals surface area contributed by atoms with Gasteiger partial charge in [-0.1, -0.05) is 19.8 Å². The standard InChI is InChI=1S/C11H18O2/c1-2-3-7-4-8-6-9(8)10(5-7)11(12)13/h7-10H,2-6H2,1H3,(H,12,13)/t7-,8?,9?,10+/m0/s1. The van der Waals surface area contributed by atoms with E-state index in [1.807, 2.05) is 0 Å². The van der Waals surface area contributed by atoms with Gasteiger partial charge in [-0.3, -0.25) is 4.79 Å². The molecule has 2 aliphatic carbocycles. The minimum absolute atomic E-state index is 0.00435. The zero-order valence-electron chi connectivity index (χ0n) is 8.20. The largest absolute Gasteiger partial charge is 0.481 e. The third kappa shape index (κ3) is 1.72. The Morgan fingerprint density at radius 3 is 2.77 bits per heavy atom. The SMILES string of the molecule is CCC[C@H]1CC2CC2[C@H](C(=O)O)C1. The molecule has 0 aromatic carbocycles. The first-order chi connectivity index (χ1) is 6.22. The van der Waals surface area contributed by atoms with Crippen molar-refractivity contribution in [3.8, 4) is 0 Å². The predicted octanol–water partition coefficient (Wildman–Crippen LogP) is 2.53. The van der Waals surface area contributed by atoms with E-state index in [1.54, 1.807) is 0 Å². The van der Waals surface area contributed by atoms with Crippen molar-refractivity contribution >= 4 is 5.97 Å². The second-order valence-corrected chi connectivity index (χ2v) is 4.73. The van der Waals surface area contributed by atoms with E-state index < -0.39 is 5.97 Å². The highest BCUT2D eigenvalue weighted by Gasteiger charge is 2.50. The lowest BCUT2D eigenvalue weighted by molar-refractivity contribution is -0.144. The van der Waals surface area contributed by atoms with Crippen LogP contribution in [-0.4, -0.2) is 11.1 Å². The molecule has 0 bridgehead atoms. The average molecular weight is 182 g/mol. The number of carbonyl (C=O) groups is 1. The van der Waals surface area contributed by atoms with Crippen LogP contribution in [0, 0.1) is 23.7 Å². The second kappa shape index (κ2) is 3.32. The van der Waals surface area contributed by atoms with Gasteiger partial charge >= 0.3 is 5.97 Å². The lowest BCUT2D eigenvalue weighted by Gasteiger charge is -2.25. The summed E-state index contributed by atoms with van der Waals surface area (Å²) in [7, 11) is 0. The van der Waals surface area contributed by atoms with E-state index in [4.69, 9.17) is 5.11 Å². The number of rotatable bonds is 3. The molecule has 2 heteroatoms. The molecule has 13 heavy (non-hydrogen) atoms. The van der Waals surface area contributed by atoms with E-state index in [0.717, 1.165) is 12.3 Å². The number of hydrogen-bond donors (Lipinski definition) is 1. The summed E-state index contributed by atoms with van der Waals surface area (Å²) in [4.78, 5) is 10.9. The van der Waals surface area contributed by atoms with Crippen molar-refractivity contribution in [1.82, 2.24) is 0 Å². The Morgan fingerprint density at radius 1 is 1.38 bits per heavy atom. The number of carboxylic acids is 1. The van der Waals surface area contributed by atoms with Crippen LogP contribution in [0.15, 0.2) is 0 Å². The summed E-state index contributed by atoms with van der Waals surface area (Å²) in [5, 5.41) is 9.02. The van der Waals surface area contributed by atoms with Gasteiger partial charge in [-0.2, -0.15) is 0 Å². The molecule has 0 spiro atoms. The van der Waals surface area contributed by atoms with Crippen molar-refractivity contribution in [2.24, 2.45) is 23.7 Å². The van der Waals surface area contributed by atoms with Gasteiger partial charge in [0.15, 0.2) is 0 Å². The molecule has 2 unspecified atom stereocenters. The van der Waals surface area contributed by atoms with Gasteiger partial charge in [0.1, 0.15) is 0 Å². The van der Waals surface area contributed by atoms with Crippen molar-refractivity contribution in [2.45, 2.75) is 39.0 Å². The van der Waals surface area contributed by atoms with Crippen LogP contribution >= 0.6 is 0 Å². The van der Waals surface area contributed by atoms with Crippen LogP contribution in [0.5, 0.6) is 0 Å². The van der Waals surface area contributed by atoms with E-state index in [-0.39, 0.29) is 5.92 Å². The van der Waals surface area contributed by atoms with Gasteiger partial charge in [0.25, 0.3) is 0 Å². The summed E-state index contributed by atoms with van der Waals surface area (Å²) in [5.41, 5.74) is 0. The van der Waals surface area contributed by atoms with Crippen LogP contribution in [0.2, 0.25) is 0 Å². The third-order valence-electron chi connectivity index (χ3n) is 3.73. The molecule has 2 fully saturated rings. The maximum atomic E-state index is 10.9. The molecule has 4 atom stereocenters. The van der Waals surface area contributed by atoms with Gasteiger partial charge in [0.2, 0.25) is 0 Å². The number of aliphatic carboxylic acids is 1. The molecule has 2 nitrogen and oxygen atoms in total. The Hall–Kier alpha value is -0.530. The Balaban J connectivity index is 1.94. The molecular formula is C11H18O2. The summed E-state index contributed by atoms with van der Waals surface area (Å²) in [6.45, 7) is 2.19. The highest BCUT2D eigenvalue weighted by Crippen LogP contribution is 2.55. The molecule has 2 saturated carbocycles. The lowest BCUT2D eigenvalue weighted by Crippen LogP contribution is -2.25. The fourth-order valence-corrected chi connectivity index (χ4v) is 3.02. The first-order valence-corrected chi connectivity index (χ1v) is 5.45. The van der Waals surface area contributed by atoms with Gasteiger partial charge in [0.05, 0.1) is 5.92 Å².